The molecule has 0 bridgehead atoms. The van der Waals surface area contributed by atoms with Crippen molar-refractivity contribution in [2.45, 2.75) is 13.1 Å². The molecular weight excluding hydrogens is 264 g/mol. The molecule has 5 heteroatoms. The van der Waals surface area contributed by atoms with E-state index in [1.807, 2.05) is 61.5 Å². The molecule has 2 aromatic rings. The summed E-state index contributed by atoms with van der Waals surface area (Å²) in [4.78, 5) is 17.9. The van der Waals surface area contributed by atoms with E-state index >= 15 is 0 Å². The van der Waals surface area contributed by atoms with Gasteiger partial charge in [0.2, 0.25) is 0 Å². The highest BCUT2D eigenvalue weighted by atomic mass is 16.2. The van der Waals surface area contributed by atoms with Crippen molar-refractivity contribution in [3.63, 3.8) is 0 Å². The molecule has 21 heavy (non-hydrogen) atoms. The van der Waals surface area contributed by atoms with Gasteiger partial charge in [-0.3, -0.25) is 4.98 Å². The highest BCUT2D eigenvalue weighted by Crippen LogP contribution is 2.11. The van der Waals surface area contributed by atoms with Crippen molar-refractivity contribution < 1.29 is 4.79 Å². The van der Waals surface area contributed by atoms with E-state index in [0.29, 0.717) is 13.1 Å². The predicted octanol–water partition coefficient (Wildman–Crippen LogP) is 2.15. The Morgan fingerprint density at radius 3 is 2.38 bits per heavy atom. The standard InChI is InChI=1S/C16H20N4O/c1-20(2)15-8-6-13(7-9-15)11-18-16(21)19-12-14-5-3-4-10-17-14/h3-10H,11-12H2,1-2H3,(H2,18,19,21). The van der Waals surface area contributed by atoms with Crippen molar-refractivity contribution in [1.82, 2.24) is 15.6 Å². The molecule has 1 heterocycles. The molecule has 0 saturated heterocycles. The second kappa shape index (κ2) is 7.28. The van der Waals surface area contributed by atoms with Crippen LogP contribution in [0.15, 0.2) is 48.7 Å². The first kappa shape index (κ1) is 14.8. The van der Waals surface area contributed by atoms with Crippen LogP contribution in [0.3, 0.4) is 0 Å². The monoisotopic (exact) mass is 284 g/mol. The Hall–Kier alpha value is -2.56. The quantitative estimate of drug-likeness (QED) is 0.884. The van der Waals surface area contributed by atoms with Gasteiger partial charge >= 0.3 is 6.03 Å². The van der Waals surface area contributed by atoms with Crippen LogP contribution in [0.5, 0.6) is 0 Å². The molecule has 0 radical (unpaired) electrons. The minimum absolute atomic E-state index is 0.197. The zero-order chi connectivity index (χ0) is 15.1. The molecule has 1 aromatic carbocycles. The van der Waals surface area contributed by atoms with Crippen LogP contribution in [0.1, 0.15) is 11.3 Å². The lowest BCUT2D eigenvalue weighted by atomic mass is 10.2. The molecule has 0 aliphatic carbocycles. The number of nitrogens with zero attached hydrogens (tertiary/aromatic N) is 2. The average molecular weight is 284 g/mol. The maximum atomic E-state index is 11.7. The summed E-state index contributed by atoms with van der Waals surface area (Å²) in [6, 6.07) is 13.5. The maximum Gasteiger partial charge on any atom is 0.315 e. The van der Waals surface area contributed by atoms with Gasteiger partial charge in [0.05, 0.1) is 12.2 Å². The van der Waals surface area contributed by atoms with Crippen LogP contribution < -0.4 is 15.5 Å². The Kier molecular flexibility index (Phi) is 5.15. The number of benzene rings is 1. The van der Waals surface area contributed by atoms with E-state index in [9.17, 15) is 4.79 Å². The van der Waals surface area contributed by atoms with Gasteiger partial charge in [-0.15, -0.1) is 0 Å². The summed E-state index contributed by atoms with van der Waals surface area (Å²) >= 11 is 0. The van der Waals surface area contributed by atoms with Crippen molar-refractivity contribution in [2.24, 2.45) is 0 Å². The predicted molar refractivity (Wildman–Crippen MR) is 84.1 cm³/mol. The molecule has 0 spiro atoms. The average Bonchev–Trinajstić information content (AvgIpc) is 2.52. The van der Waals surface area contributed by atoms with Crippen LogP contribution >= 0.6 is 0 Å². The Bertz CT molecular complexity index is 567. The lowest BCUT2D eigenvalue weighted by molar-refractivity contribution is 0.240. The van der Waals surface area contributed by atoms with E-state index < -0.39 is 0 Å². The minimum atomic E-state index is -0.197. The van der Waals surface area contributed by atoms with Crippen molar-refractivity contribution in [2.75, 3.05) is 19.0 Å². The zero-order valence-electron chi connectivity index (χ0n) is 12.3. The number of carbonyl (C=O) groups excluding carboxylic acids is 1. The van der Waals surface area contributed by atoms with Gasteiger partial charge in [0.1, 0.15) is 0 Å². The number of hydrogen-bond donors (Lipinski definition) is 2. The van der Waals surface area contributed by atoms with Gasteiger partial charge in [0, 0.05) is 32.5 Å². The molecule has 0 saturated carbocycles. The number of rotatable bonds is 5. The molecule has 2 N–H and O–H groups in total. The Labute approximate surface area is 125 Å². The van der Waals surface area contributed by atoms with Gasteiger partial charge in [-0.25, -0.2) is 4.79 Å². The molecule has 2 rings (SSSR count). The molecule has 2 amide bonds. The van der Waals surface area contributed by atoms with E-state index in [1.165, 1.54) is 0 Å². The molecule has 0 unspecified atom stereocenters. The zero-order valence-corrected chi connectivity index (χ0v) is 12.3. The van der Waals surface area contributed by atoms with Crippen LogP contribution in [0.2, 0.25) is 0 Å². The van der Waals surface area contributed by atoms with Crippen molar-refractivity contribution >= 4 is 11.7 Å². The summed E-state index contributed by atoms with van der Waals surface area (Å²) in [5.74, 6) is 0. The fourth-order valence-electron chi connectivity index (χ4n) is 1.83. The van der Waals surface area contributed by atoms with E-state index in [1.54, 1.807) is 6.20 Å². The Morgan fingerprint density at radius 2 is 1.76 bits per heavy atom. The third-order valence-electron chi connectivity index (χ3n) is 3.06. The van der Waals surface area contributed by atoms with Crippen molar-refractivity contribution in [3.8, 4) is 0 Å². The summed E-state index contributed by atoms with van der Waals surface area (Å²) in [5.41, 5.74) is 3.04. The molecule has 1 aromatic heterocycles. The van der Waals surface area contributed by atoms with Crippen LogP contribution in [-0.4, -0.2) is 25.1 Å². The number of amides is 2. The van der Waals surface area contributed by atoms with Gasteiger partial charge in [-0.05, 0) is 29.8 Å². The number of urea groups is 1. The number of carbonyl (C=O) groups is 1. The highest BCUT2D eigenvalue weighted by Gasteiger charge is 2.01. The minimum Gasteiger partial charge on any atom is -0.378 e. The molecule has 0 fully saturated rings. The Morgan fingerprint density at radius 1 is 1.05 bits per heavy atom. The highest BCUT2D eigenvalue weighted by molar-refractivity contribution is 5.73. The van der Waals surface area contributed by atoms with Gasteiger partial charge in [-0.1, -0.05) is 18.2 Å². The number of nitrogens with one attached hydrogen (secondary N) is 2. The summed E-state index contributed by atoms with van der Waals surface area (Å²) in [5, 5.41) is 5.60. The molecule has 0 aliphatic heterocycles. The SMILES string of the molecule is CN(C)c1ccc(CNC(=O)NCc2ccccn2)cc1. The van der Waals surface area contributed by atoms with Gasteiger partial charge < -0.3 is 15.5 Å². The fourth-order valence-corrected chi connectivity index (χ4v) is 1.83. The fraction of sp³-hybridized carbons (Fsp3) is 0.250. The molecule has 110 valence electrons. The molecule has 0 atom stereocenters. The summed E-state index contributed by atoms with van der Waals surface area (Å²) in [6.45, 7) is 0.925. The molecule has 0 aliphatic rings. The lowest BCUT2D eigenvalue weighted by Gasteiger charge is -2.13. The topological polar surface area (TPSA) is 57.3 Å². The van der Waals surface area contributed by atoms with E-state index in [-0.39, 0.29) is 6.03 Å². The van der Waals surface area contributed by atoms with Crippen LogP contribution in [0.4, 0.5) is 10.5 Å². The smallest absolute Gasteiger partial charge is 0.315 e. The van der Waals surface area contributed by atoms with Gasteiger partial charge in [-0.2, -0.15) is 0 Å². The maximum absolute atomic E-state index is 11.7. The third kappa shape index (κ3) is 4.80. The van der Waals surface area contributed by atoms with E-state index in [0.717, 1.165) is 16.9 Å². The van der Waals surface area contributed by atoms with Crippen LogP contribution in [0, 0.1) is 0 Å². The second-order valence-electron chi connectivity index (χ2n) is 4.92. The third-order valence-corrected chi connectivity index (χ3v) is 3.06. The van der Waals surface area contributed by atoms with E-state index in [2.05, 4.69) is 15.6 Å². The Balaban J connectivity index is 1.76. The molecule has 5 nitrogen and oxygen atoms in total. The number of anilines is 1. The van der Waals surface area contributed by atoms with Gasteiger partial charge in [0.15, 0.2) is 0 Å². The normalized spacial score (nSPS) is 10.0. The second-order valence-corrected chi connectivity index (χ2v) is 4.92. The number of hydrogen-bond acceptors (Lipinski definition) is 3. The van der Waals surface area contributed by atoms with Crippen LogP contribution in [0.25, 0.3) is 0 Å². The van der Waals surface area contributed by atoms with Crippen LogP contribution in [-0.2, 0) is 13.1 Å². The van der Waals surface area contributed by atoms with E-state index in [4.69, 9.17) is 0 Å². The largest absolute Gasteiger partial charge is 0.378 e. The first-order valence-electron chi connectivity index (χ1n) is 6.83. The lowest BCUT2D eigenvalue weighted by Crippen LogP contribution is -2.34. The van der Waals surface area contributed by atoms with Crippen molar-refractivity contribution in [3.05, 3.63) is 59.9 Å². The number of aromatic nitrogens is 1. The molecular formula is C16H20N4O. The summed E-state index contributed by atoms with van der Waals surface area (Å²) in [6.07, 6.45) is 1.71. The number of pyridine rings is 1. The van der Waals surface area contributed by atoms with Gasteiger partial charge in [0.25, 0.3) is 0 Å². The first-order chi connectivity index (χ1) is 10.1. The first-order valence-corrected chi connectivity index (χ1v) is 6.83. The summed E-state index contributed by atoms with van der Waals surface area (Å²) < 4.78 is 0. The summed E-state index contributed by atoms with van der Waals surface area (Å²) in [7, 11) is 4.00. The van der Waals surface area contributed by atoms with Crippen molar-refractivity contribution in [1.29, 1.82) is 0 Å².